The molecule has 1 aliphatic heterocycles. The number of aryl methyl sites for hydroxylation is 1. The van der Waals surface area contributed by atoms with Gasteiger partial charge in [0.05, 0.1) is 37.8 Å². The highest BCUT2D eigenvalue weighted by molar-refractivity contribution is 6.44. The van der Waals surface area contributed by atoms with Crippen molar-refractivity contribution < 1.29 is 14.3 Å². The molecule has 1 aromatic carbocycles. The number of anilines is 1. The van der Waals surface area contributed by atoms with Gasteiger partial charge in [-0.2, -0.15) is 5.26 Å². The summed E-state index contributed by atoms with van der Waals surface area (Å²) in [5.74, 6) is -2.28. The molecule has 9 nitrogen and oxygen atoms in total. The molecular formula is C33H29Cl4FN6O3. The van der Waals surface area contributed by atoms with Crippen molar-refractivity contribution in [1.29, 1.82) is 5.26 Å². The maximum absolute atomic E-state index is 15.1. The van der Waals surface area contributed by atoms with Crippen molar-refractivity contribution in [2.75, 3.05) is 18.0 Å². The number of aromatic hydroxyl groups is 1. The molecular weight excluding hydrogens is 689 g/mol. The summed E-state index contributed by atoms with van der Waals surface area (Å²) in [6, 6.07) is 4.70. The quantitative estimate of drug-likeness (QED) is 0.127. The fourth-order valence-corrected chi connectivity index (χ4v) is 7.38. The van der Waals surface area contributed by atoms with Crippen LogP contribution in [0.15, 0.2) is 35.8 Å². The second kappa shape index (κ2) is 13.0. The van der Waals surface area contributed by atoms with E-state index in [0.717, 1.165) is 0 Å². The number of hydrogen-bond acceptors (Lipinski definition) is 7. The smallest absolute Gasteiger partial charge is 0.276 e. The second-order valence-corrected chi connectivity index (χ2v) is 13.3. The van der Waals surface area contributed by atoms with Crippen LogP contribution in [0.3, 0.4) is 0 Å². The number of piperazine rings is 1. The zero-order valence-corrected chi connectivity index (χ0v) is 29.0. The molecule has 4 aromatic rings. The molecule has 1 aliphatic rings. The van der Waals surface area contributed by atoms with Gasteiger partial charge in [-0.05, 0) is 50.5 Å². The van der Waals surface area contributed by atoms with Crippen LogP contribution in [-0.2, 0) is 4.79 Å². The molecule has 0 unspecified atom stereocenters. The van der Waals surface area contributed by atoms with Crippen LogP contribution >= 0.6 is 46.4 Å². The molecule has 244 valence electrons. The third-order valence-corrected chi connectivity index (χ3v) is 9.61. The van der Waals surface area contributed by atoms with Gasteiger partial charge in [0.15, 0.2) is 11.6 Å². The van der Waals surface area contributed by atoms with Crippen molar-refractivity contribution in [1.82, 2.24) is 19.4 Å². The summed E-state index contributed by atoms with van der Waals surface area (Å²) < 4.78 is 16.4. The van der Waals surface area contributed by atoms with Crippen LogP contribution in [0.1, 0.15) is 50.4 Å². The Hall–Kier alpha value is -3.88. The number of halogens is 5. The minimum Gasteiger partial charge on any atom is -0.505 e. The highest BCUT2D eigenvalue weighted by Crippen LogP contribution is 2.48. The van der Waals surface area contributed by atoms with E-state index in [-0.39, 0.29) is 70.2 Å². The fraction of sp³-hybridized carbons (Fsp3) is 0.303. The van der Waals surface area contributed by atoms with Crippen molar-refractivity contribution in [3.8, 4) is 28.8 Å². The van der Waals surface area contributed by atoms with Gasteiger partial charge in [0.2, 0.25) is 5.91 Å². The number of aromatic nitrogens is 3. The number of carbonyl (C=O) groups excluding carboxylic acids is 1. The summed E-state index contributed by atoms with van der Waals surface area (Å²) in [6.45, 7) is 13.5. The number of benzene rings is 1. The summed E-state index contributed by atoms with van der Waals surface area (Å²) in [4.78, 5) is 40.1. The van der Waals surface area contributed by atoms with E-state index in [0.29, 0.717) is 22.3 Å². The first kappa shape index (κ1) is 34.5. The van der Waals surface area contributed by atoms with E-state index >= 15 is 4.39 Å². The summed E-state index contributed by atoms with van der Waals surface area (Å²) in [6.07, 6.45) is 2.88. The predicted molar refractivity (Wildman–Crippen MR) is 184 cm³/mol. The van der Waals surface area contributed by atoms with Gasteiger partial charge in [0, 0.05) is 42.3 Å². The van der Waals surface area contributed by atoms with E-state index in [9.17, 15) is 20.0 Å². The van der Waals surface area contributed by atoms with E-state index in [1.165, 1.54) is 16.7 Å². The van der Waals surface area contributed by atoms with Crippen LogP contribution in [0.5, 0.6) is 5.75 Å². The van der Waals surface area contributed by atoms with Crippen LogP contribution in [0, 0.1) is 24.1 Å². The van der Waals surface area contributed by atoms with E-state index < -0.39 is 32.2 Å². The van der Waals surface area contributed by atoms with Gasteiger partial charge in [0.1, 0.15) is 22.3 Å². The number of fused-ring (bicyclic) bond motifs is 1. The number of rotatable bonds is 5. The zero-order chi connectivity index (χ0) is 34.6. The molecule has 0 spiro atoms. The molecule has 0 radical (unpaired) electrons. The van der Waals surface area contributed by atoms with Gasteiger partial charge >= 0.3 is 0 Å². The fourth-order valence-electron chi connectivity index (χ4n) is 6.24. The molecule has 4 heterocycles. The first-order valence-corrected chi connectivity index (χ1v) is 16.1. The zero-order valence-electron chi connectivity index (χ0n) is 26.0. The van der Waals surface area contributed by atoms with E-state index in [4.69, 9.17) is 51.4 Å². The number of phenolic OH excluding ortho intramolecular Hbond substituents is 1. The average molecular weight is 718 g/mol. The van der Waals surface area contributed by atoms with Crippen LogP contribution in [-0.4, -0.2) is 55.6 Å². The van der Waals surface area contributed by atoms with Crippen molar-refractivity contribution in [3.63, 3.8) is 0 Å². The van der Waals surface area contributed by atoms with Crippen LogP contribution in [0.25, 0.3) is 28.0 Å². The van der Waals surface area contributed by atoms with Gasteiger partial charge in [-0.15, -0.1) is 0 Å². The summed E-state index contributed by atoms with van der Waals surface area (Å²) in [5, 5.41) is 19.7. The molecule has 1 fully saturated rings. The molecule has 1 amide bonds. The molecule has 0 aliphatic carbocycles. The number of phenols is 1. The Balaban J connectivity index is 1.95. The minimum absolute atomic E-state index is 0.0493. The number of hydrogen-bond donors (Lipinski definition) is 1. The molecule has 3 aromatic heterocycles. The van der Waals surface area contributed by atoms with Gasteiger partial charge in [-0.25, -0.2) is 9.37 Å². The molecule has 1 saturated heterocycles. The largest absolute Gasteiger partial charge is 0.505 e. The van der Waals surface area contributed by atoms with Crippen LogP contribution in [0.2, 0.25) is 20.1 Å². The molecule has 14 heteroatoms. The van der Waals surface area contributed by atoms with Crippen molar-refractivity contribution in [2.24, 2.45) is 0 Å². The van der Waals surface area contributed by atoms with Gasteiger partial charge in [-0.1, -0.05) is 66.8 Å². The SMILES string of the molecule is C=CC(=O)N1[C@H](C)CN(c2c(C#N)c(=O)n(-c3c(C)ccnc3C(C)C)c3nc(-c4c(Cl)c(O)c(Cl)c(F)c4Cl)c(Cl)cc23)C[C@@H]1C. The van der Waals surface area contributed by atoms with Crippen molar-refractivity contribution in [2.45, 2.75) is 52.6 Å². The number of carbonyl (C=O) groups is 1. The number of nitrogens with zero attached hydrogens (tertiary/aromatic N) is 6. The van der Waals surface area contributed by atoms with Crippen LogP contribution < -0.4 is 10.5 Å². The van der Waals surface area contributed by atoms with Gasteiger partial charge in [0.25, 0.3) is 5.56 Å². The Bertz CT molecular complexity index is 2050. The molecule has 1 N–H and O–H groups in total. The second-order valence-electron chi connectivity index (χ2n) is 11.7. The maximum Gasteiger partial charge on any atom is 0.276 e. The molecule has 2 atom stereocenters. The average Bonchev–Trinajstić information content (AvgIpc) is 3.02. The molecule has 47 heavy (non-hydrogen) atoms. The Morgan fingerprint density at radius 3 is 2.36 bits per heavy atom. The number of pyridine rings is 3. The summed E-state index contributed by atoms with van der Waals surface area (Å²) in [7, 11) is 0. The summed E-state index contributed by atoms with van der Waals surface area (Å²) in [5.41, 5.74) is 0.732. The minimum atomic E-state index is -1.14. The van der Waals surface area contributed by atoms with Crippen molar-refractivity contribution >= 4 is 69.0 Å². The maximum atomic E-state index is 15.1. The lowest BCUT2D eigenvalue weighted by Crippen LogP contribution is -2.58. The van der Waals surface area contributed by atoms with Crippen molar-refractivity contribution in [3.05, 3.63) is 84.1 Å². The third kappa shape index (κ3) is 5.59. The Kier molecular flexibility index (Phi) is 9.50. The van der Waals surface area contributed by atoms with Gasteiger partial charge in [-0.3, -0.25) is 19.1 Å². The lowest BCUT2D eigenvalue weighted by atomic mass is 10.0. The van der Waals surface area contributed by atoms with E-state index in [1.54, 1.807) is 24.1 Å². The van der Waals surface area contributed by atoms with E-state index in [1.807, 2.05) is 32.6 Å². The topological polar surface area (TPSA) is 115 Å². The van der Waals surface area contributed by atoms with E-state index in [2.05, 4.69) is 17.6 Å². The number of amides is 1. The molecule has 0 saturated carbocycles. The Labute approximate surface area is 290 Å². The summed E-state index contributed by atoms with van der Waals surface area (Å²) >= 11 is 25.6. The standard InChI is InChI=1S/C33H29Cl4FN6O3/c1-7-21(45)43-16(5)12-42(13-17(43)6)30-18-10-20(34)28(22-23(35)26(38)25(37)31(46)24(22)36)41-32(18)44(33(47)19(30)11-39)29-15(4)8-9-40-27(29)14(2)3/h7-10,14,16-17,46H,1,12-13H2,2-6H3/t16-,17+. The third-order valence-electron chi connectivity index (χ3n) is 8.25. The Morgan fingerprint density at radius 1 is 1.15 bits per heavy atom. The predicted octanol–water partition coefficient (Wildman–Crippen LogP) is 7.82. The molecule has 5 rings (SSSR count). The normalized spacial score (nSPS) is 16.6. The lowest BCUT2D eigenvalue weighted by Gasteiger charge is -2.45. The monoisotopic (exact) mass is 716 g/mol. The first-order chi connectivity index (χ1) is 22.2. The molecule has 0 bridgehead atoms. The Morgan fingerprint density at radius 2 is 1.79 bits per heavy atom. The highest BCUT2D eigenvalue weighted by Gasteiger charge is 2.36. The number of nitriles is 1. The lowest BCUT2D eigenvalue weighted by molar-refractivity contribution is -0.130. The van der Waals surface area contributed by atoms with Gasteiger partial charge < -0.3 is 14.9 Å². The van der Waals surface area contributed by atoms with Crippen LogP contribution in [0.4, 0.5) is 10.1 Å². The highest BCUT2D eigenvalue weighted by atomic mass is 35.5. The first-order valence-electron chi connectivity index (χ1n) is 14.6.